The van der Waals surface area contributed by atoms with Crippen molar-refractivity contribution in [2.75, 3.05) is 17.1 Å². The van der Waals surface area contributed by atoms with Crippen molar-refractivity contribution in [3.8, 4) is 0 Å². The van der Waals surface area contributed by atoms with Gasteiger partial charge in [0.05, 0.1) is 23.0 Å². The molecule has 0 bridgehead atoms. The summed E-state index contributed by atoms with van der Waals surface area (Å²) in [5.74, 6) is 0.586. The Hall–Kier alpha value is -1.48. The van der Waals surface area contributed by atoms with Gasteiger partial charge in [-0.3, -0.25) is 0 Å². The average molecular weight is 306 g/mol. The minimum atomic E-state index is -4.42. The molecule has 2 N–H and O–H groups in total. The minimum absolute atomic E-state index is 0.0505. The van der Waals surface area contributed by atoms with Crippen LogP contribution in [0.15, 0.2) is 28.2 Å². The molecule has 0 aliphatic heterocycles. The summed E-state index contributed by atoms with van der Waals surface area (Å²) in [7, 11) is 1.42. The predicted molar refractivity (Wildman–Crippen MR) is 70.4 cm³/mol. The van der Waals surface area contributed by atoms with Crippen molar-refractivity contribution in [2.45, 2.75) is 11.2 Å². The molecule has 9 heteroatoms. The van der Waals surface area contributed by atoms with Crippen molar-refractivity contribution in [3.05, 3.63) is 28.7 Å². The zero-order chi connectivity index (χ0) is 13.9. The maximum Gasteiger partial charge on any atom is 0.418 e. The summed E-state index contributed by atoms with van der Waals surface area (Å²) in [6.07, 6.45) is -3.26. The van der Waals surface area contributed by atoms with Gasteiger partial charge < -0.3 is 10.0 Å². The maximum atomic E-state index is 12.8. The van der Waals surface area contributed by atoms with E-state index in [-0.39, 0.29) is 10.7 Å². The lowest BCUT2D eigenvalue weighted by Crippen LogP contribution is -2.10. The number of pyridine rings is 1. The molecule has 2 aromatic rings. The van der Waals surface area contributed by atoms with E-state index >= 15 is 0 Å². The lowest BCUT2D eigenvalue weighted by atomic mass is 10.2. The Morgan fingerprint density at radius 2 is 2.11 bits per heavy atom. The molecule has 2 rings (SSSR count). The van der Waals surface area contributed by atoms with Crippen LogP contribution in [0.1, 0.15) is 5.56 Å². The van der Waals surface area contributed by atoms with Gasteiger partial charge >= 0.3 is 6.18 Å². The molecule has 0 saturated heterocycles. The minimum Gasteiger partial charge on any atom is -0.386 e. The Morgan fingerprint density at radius 1 is 1.32 bits per heavy atom. The number of thiazole rings is 1. The fourth-order valence-corrected chi connectivity index (χ4v) is 2.45. The number of alkyl halides is 3. The molecular formula is C10H9F3N4S2. The molecule has 0 atom stereocenters. The Labute approximate surface area is 115 Å². The van der Waals surface area contributed by atoms with Gasteiger partial charge in [0, 0.05) is 24.4 Å². The van der Waals surface area contributed by atoms with Crippen LogP contribution in [0.5, 0.6) is 0 Å². The maximum absolute atomic E-state index is 12.8. The van der Waals surface area contributed by atoms with E-state index in [9.17, 15) is 13.2 Å². The number of rotatable bonds is 4. The standard InChI is InChI=1S/C10H9F3N4S2/c1-14-7-3-15-9(2-6(7)10(11,12)13)19-17-8-4-18-5-16-8/h2-5,14,17H,1H3. The van der Waals surface area contributed by atoms with Gasteiger partial charge in [-0.1, -0.05) is 0 Å². The molecule has 0 aliphatic rings. The molecule has 0 aromatic carbocycles. The molecule has 2 heterocycles. The highest BCUT2D eigenvalue weighted by molar-refractivity contribution is 8.00. The molecule has 0 saturated carbocycles. The van der Waals surface area contributed by atoms with Crippen LogP contribution in [-0.4, -0.2) is 17.0 Å². The van der Waals surface area contributed by atoms with Crippen molar-refractivity contribution >= 4 is 34.8 Å². The van der Waals surface area contributed by atoms with Gasteiger partial charge in [0.15, 0.2) is 0 Å². The van der Waals surface area contributed by atoms with Crippen molar-refractivity contribution in [1.29, 1.82) is 0 Å². The lowest BCUT2D eigenvalue weighted by molar-refractivity contribution is -0.137. The van der Waals surface area contributed by atoms with E-state index in [4.69, 9.17) is 0 Å². The first-order chi connectivity index (χ1) is 9.00. The highest BCUT2D eigenvalue weighted by atomic mass is 32.2. The summed E-state index contributed by atoms with van der Waals surface area (Å²) in [5, 5.41) is 4.45. The van der Waals surface area contributed by atoms with Crippen LogP contribution in [0, 0.1) is 0 Å². The summed E-state index contributed by atoms with van der Waals surface area (Å²) in [5.41, 5.74) is 0.833. The predicted octanol–water partition coefficient (Wildman–Crippen LogP) is 3.72. The average Bonchev–Trinajstić information content (AvgIpc) is 2.88. The lowest BCUT2D eigenvalue weighted by Gasteiger charge is -2.13. The summed E-state index contributed by atoms with van der Waals surface area (Å²) in [6.45, 7) is 0. The summed E-state index contributed by atoms with van der Waals surface area (Å²) < 4.78 is 41.3. The SMILES string of the molecule is CNc1cnc(SNc2cscn2)cc1C(F)(F)F. The first-order valence-electron chi connectivity index (χ1n) is 5.06. The van der Waals surface area contributed by atoms with E-state index in [1.165, 1.54) is 18.4 Å². The van der Waals surface area contributed by atoms with Crippen LogP contribution in [0.3, 0.4) is 0 Å². The van der Waals surface area contributed by atoms with Gasteiger partial charge in [-0.05, 0) is 6.07 Å². The van der Waals surface area contributed by atoms with Gasteiger partial charge in [0.1, 0.15) is 10.8 Å². The normalized spacial score (nSPS) is 11.4. The van der Waals surface area contributed by atoms with Gasteiger partial charge in [0.2, 0.25) is 0 Å². The van der Waals surface area contributed by atoms with Gasteiger partial charge in [-0.2, -0.15) is 13.2 Å². The number of nitrogens with one attached hydrogen (secondary N) is 2. The number of nitrogens with zero attached hydrogens (tertiary/aromatic N) is 2. The van der Waals surface area contributed by atoms with Crippen molar-refractivity contribution in [1.82, 2.24) is 9.97 Å². The molecule has 19 heavy (non-hydrogen) atoms. The van der Waals surface area contributed by atoms with Crippen LogP contribution >= 0.6 is 23.3 Å². The smallest absolute Gasteiger partial charge is 0.386 e. The Morgan fingerprint density at radius 3 is 2.68 bits per heavy atom. The van der Waals surface area contributed by atoms with Gasteiger partial charge in [-0.15, -0.1) is 11.3 Å². The second-order valence-electron chi connectivity index (χ2n) is 3.39. The van der Waals surface area contributed by atoms with Crippen LogP contribution in [0.2, 0.25) is 0 Å². The zero-order valence-corrected chi connectivity index (χ0v) is 11.3. The molecule has 0 amide bonds. The quantitative estimate of drug-likeness (QED) is 0.843. The summed E-state index contributed by atoms with van der Waals surface area (Å²) >= 11 is 2.37. The first-order valence-corrected chi connectivity index (χ1v) is 6.82. The van der Waals surface area contributed by atoms with Crippen molar-refractivity contribution in [2.24, 2.45) is 0 Å². The Bertz CT molecular complexity index is 542. The number of hydrogen-bond donors (Lipinski definition) is 2. The highest BCUT2D eigenvalue weighted by Gasteiger charge is 2.34. The van der Waals surface area contributed by atoms with Gasteiger partial charge in [-0.25, -0.2) is 9.97 Å². The monoisotopic (exact) mass is 306 g/mol. The molecule has 0 radical (unpaired) electrons. The van der Waals surface area contributed by atoms with Crippen LogP contribution < -0.4 is 10.0 Å². The zero-order valence-electron chi connectivity index (χ0n) is 9.65. The third-order valence-corrected chi connectivity index (χ3v) is 3.48. The molecular weight excluding hydrogens is 297 g/mol. The number of anilines is 2. The Kier molecular flexibility index (Phi) is 4.15. The van der Waals surface area contributed by atoms with Gasteiger partial charge in [0.25, 0.3) is 0 Å². The topological polar surface area (TPSA) is 49.8 Å². The summed E-state index contributed by atoms with van der Waals surface area (Å²) in [6, 6.07) is 0.996. The fraction of sp³-hybridized carbons (Fsp3) is 0.200. The Balaban J connectivity index is 2.18. The molecule has 4 nitrogen and oxygen atoms in total. The van der Waals surface area contributed by atoms with Crippen molar-refractivity contribution < 1.29 is 13.2 Å². The molecule has 0 aliphatic carbocycles. The first kappa shape index (κ1) is 13.9. The largest absolute Gasteiger partial charge is 0.418 e. The molecule has 2 aromatic heterocycles. The van der Waals surface area contributed by atoms with Crippen LogP contribution in [0.25, 0.3) is 0 Å². The van der Waals surface area contributed by atoms with Crippen molar-refractivity contribution in [3.63, 3.8) is 0 Å². The second kappa shape index (κ2) is 5.66. The second-order valence-corrected chi connectivity index (χ2v) is 4.94. The molecule has 102 valence electrons. The summed E-state index contributed by atoms with van der Waals surface area (Å²) in [4.78, 5) is 7.90. The number of hydrogen-bond acceptors (Lipinski definition) is 6. The third-order valence-electron chi connectivity index (χ3n) is 2.15. The van der Waals surface area contributed by atoms with Crippen LogP contribution in [0.4, 0.5) is 24.7 Å². The van der Waals surface area contributed by atoms with Crippen LogP contribution in [-0.2, 0) is 6.18 Å². The van der Waals surface area contributed by atoms with E-state index < -0.39 is 11.7 Å². The third kappa shape index (κ3) is 3.51. The van der Waals surface area contributed by atoms with E-state index in [2.05, 4.69) is 20.0 Å². The number of halogens is 3. The van der Waals surface area contributed by atoms with E-state index in [1.807, 2.05) is 0 Å². The van der Waals surface area contributed by atoms with E-state index in [0.29, 0.717) is 5.82 Å². The molecule has 0 spiro atoms. The number of aromatic nitrogens is 2. The highest BCUT2D eigenvalue weighted by Crippen LogP contribution is 2.36. The van der Waals surface area contributed by atoms with E-state index in [1.54, 1.807) is 10.9 Å². The molecule has 0 unspecified atom stereocenters. The molecule has 0 fully saturated rings. The van der Waals surface area contributed by atoms with E-state index in [0.717, 1.165) is 24.2 Å². The fourth-order valence-electron chi connectivity index (χ4n) is 1.29.